The minimum absolute atomic E-state index is 0.437. The van der Waals surface area contributed by atoms with Crippen molar-refractivity contribution < 1.29 is 9.47 Å². The van der Waals surface area contributed by atoms with Crippen molar-refractivity contribution in [3.05, 3.63) is 53.3 Å². The van der Waals surface area contributed by atoms with E-state index in [1.54, 1.807) is 38.2 Å². The molecule has 2 heterocycles. The second-order valence-electron chi connectivity index (χ2n) is 4.83. The van der Waals surface area contributed by atoms with E-state index in [1.165, 1.54) is 5.56 Å². The van der Waals surface area contributed by atoms with Crippen LogP contribution in [0.2, 0.25) is 5.15 Å². The van der Waals surface area contributed by atoms with E-state index in [1.807, 2.05) is 30.3 Å². The van der Waals surface area contributed by atoms with Gasteiger partial charge in [0.05, 0.1) is 25.9 Å². The summed E-state index contributed by atoms with van der Waals surface area (Å²) in [5.74, 6) is 2.33. The number of halogens is 1. The molecule has 0 amide bonds. The lowest BCUT2D eigenvalue weighted by Crippen LogP contribution is -1.91. The van der Waals surface area contributed by atoms with Crippen molar-refractivity contribution >= 4 is 34.3 Å². The monoisotopic (exact) mass is 346 g/mol. The van der Waals surface area contributed by atoms with Gasteiger partial charge in [-0.1, -0.05) is 23.7 Å². The molecule has 23 heavy (non-hydrogen) atoms. The Hall–Kier alpha value is -1.98. The van der Waals surface area contributed by atoms with Gasteiger partial charge in [-0.25, -0.2) is 4.98 Å². The lowest BCUT2D eigenvalue weighted by Gasteiger charge is -2.08. The number of aromatic nitrogens is 2. The summed E-state index contributed by atoms with van der Waals surface area (Å²) in [4.78, 5) is 8.81. The molecule has 0 aliphatic rings. The standard InChI is InChI=1S/C17H15ClN2O2S/c1-21-12-5-3-11(4-6-12)10-23-17-14-7-13(22-2)9-19-15(14)8-16(18)20-17/h3-9H,10H2,1-2H3. The molecule has 118 valence electrons. The van der Waals surface area contributed by atoms with Gasteiger partial charge in [-0.3, -0.25) is 4.98 Å². The summed E-state index contributed by atoms with van der Waals surface area (Å²) in [6.07, 6.45) is 1.68. The molecule has 1 aromatic carbocycles. The molecule has 6 heteroatoms. The molecule has 3 aromatic rings. The van der Waals surface area contributed by atoms with Gasteiger partial charge < -0.3 is 9.47 Å². The van der Waals surface area contributed by atoms with Gasteiger partial charge in [-0.2, -0.15) is 0 Å². The van der Waals surface area contributed by atoms with Crippen LogP contribution in [0.5, 0.6) is 11.5 Å². The molecule has 0 aliphatic carbocycles. The average Bonchev–Trinajstić information content (AvgIpc) is 2.59. The first-order valence-corrected chi connectivity index (χ1v) is 8.32. The van der Waals surface area contributed by atoms with Crippen LogP contribution in [0.4, 0.5) is 0 Å². The van der Waals surface area contributed by atoms with Crippen molar-refractivity contribution in [3.63, 3.8) is 0 Å². The quantitative estimate of drug-likeness (QED) is 0.499. The summed E-state index contributed by atoms with van der Waals surface area (Å²) in [5, 5.41) is 2.22. The summed E-state index contributed by atoms with van der Waals surface area (Å²) >= 11 is 7.72. The molecule has 0 spiro atoms. The highest BCUT2D eigenvalue weighted by Gasteiger charge is 2.09. The molecule has 0 aliphatic heterocycles. The van der Waals surface area contributed by atoms with Crippen LogP contribution >= 0.6 is 23.4 Å². The van der Waals surface area contributed by atoms with E-state index in [4.69, 9.17) is 21.1 Å². The molecule has 0 radical (unpaired) electrons. The van der Waals surface area contributed by atoms with Crippen molar-refractivity contribution in [1.82, 2.24) is 9.97 Å². The molecular formula is C17H15ClN2O2S. The second kappa shape index (κ2) is 7.06. The number of ether oxygens (including phenoxy) is 2. The highest BCUT2D eigenvalue weighted by molar-refractivity contribution is 7.98. The number of pyridine rings is 2. The van der Waals surface area contributed by atoms with Crippen LogP contribution in [0.1, 0.15) is 5.56 Å². The summed E-state index contributed by atoms with van der Waals surface area (Å²) in [6.45, 7) is 0. The van der Waals surface area contributed by atoms with Gasteiger partial charge in [0.25, 0.3) is 0 Å². The lowest BCUT2D eigenvalue weighted by molar-refractivity contribution is 0.413. The topological polar surface area (TPSA) is 44.2 Å². The first-order valence-electron chi connectivity index (χ1n) is 6.95. The summed E-state index contributed by atoms with van der Waals surface area (Å²) in [6, 6.07) is 11.7. The maximum atomic E-state index is 6.11. The fraction of sp³-hybridized carbons (Fsp3) is 0.176. The predicted molar refractivity (Wildman–Crippen MR) is 93.7 cm³/mol. The third kappa shape index (κ3) is 3.68. The Balaban J connectivity index is 1.88. The van der Waals surface area contributed by atoms with Crippen LogP contribution in [-0.4, -0.2) is 24.2 Å². The van der Waals surface area contributed by atoms with E-state index >= 15 is 0 Å². The number of methoxy groups -OCH3 is 2. The van der Waals surface area contributed by atoms with Crippen LogP contribution in [0.3, 0.4) is 0 Å². The van der Waals surface area contributed by atoms with E-state index in [-0.39, 0.29) is 0 Å². The van der Waals surface area contributed by atoms with Crippen LogP contribution in [-0.2, 0) is 5.75 Å². The zero-order chi connectivity index (χ0) is 16.2. The fourth-order valence-corrected chi connectivity index (χ4v) is 3.36. The molecule has 0 atom stereocenters. The Kier molecular flexibility index (Phi) is 4.88. The third-order valence-electron chi connectivity index (χ3n) is 3.36. The second-order valence-corrected chi connectivity index (χ2v) is 6.18. The minimum atomic E-state index is 0.437. The highest BCUT2D eigenvalue weighted by Crippen LogP contribution is 2.32. The number of hydrogen-bond acceptors (Lipinski definition) is 5. The lowest BCUT2D eigenvalue weighted by atomic mass is 10.2. The molecule has 0 N–H and O–H groups in total. The van der Waals surface area contributed by atoms with Gasteiger partial charge in [-0.05, 0) is 23.8 Å². The van der Waals surface area contributed by atoms with Crippen molar-refractivity contribution in [2.45, 2.75) is 10.8 Å². The zero-order valence-electron chi connectivity index (χ0n) is 12.7. The molecule has 0 unspecified atom stereocenters. The zero-order valence-corrected chi connectivity index (χ0v) is 14.3. The third-order valence-corrected chi connectivity index (χ3v) is 4.61. The first kappa shape index (κ1) is 15.9. The maximum Gasteiger partial charge on any atom is 0.137 e. The van der Waals surface area contributed by atoms with Crippen molar-refractivity contribution in [2.75, 3.05) is 14.2 Å². The number of rotatable bonds is 5. The van der Waals surface area contributed by atoms with Crippen LogP contribution in [0.25, 0.3) is 10.9 Å². The van der Waals surface area contributed by atoms with Gasteiger partial charge in [0.1, 0.15) is 21.7 Å². The minimum Gasteiger partial charge on any atom is -0.497 e. The van der Waals surface area contributed by atoms with Gasteiger partial charge in [0.15, 0.2) is 0 Å². The molecule has 2 aromatic heterocycles. The summed E-state index contributed by atoms with van der Waals surface area (Å²) in [7, 11) is 3.28. The average molecular weight is 347 g/mol. The number of thioether (sulfide) groups is 1. The van der Waals surface area contributed by atoms with Crippen LogP contribution < -0.4 is 9.47 Å². The Morgan fingerprint density at radius 1 is 1.04 bits per heavy atom. The number of hydrogen-bond donors (Lipinski definition) is 0. The molecule has 0 fully saturated rings. The number of fused-ring (bicyclic) bond motifs is 1. The van der Waals surface area contributed by atoms with E-state index in [0.717, 1.165) is 27.4 Å². The summed E-state index contributed by atoms with van der Waals surface area (Å²) < 4.78 is 10.4. The van der Waals surface area contributed by atoms with E-state index in [2.05, 4.69) is 9.97 Å². The van der Waals surface area contributed by atoms with Crippen LogP contribution in [0.15, 0.2) is 47.6 Å². The largest absolute Gasteiger partial charge is 0.497 e. The van der Waals surface area contributed by atoms with E-state index in [9.17, 15) is 0 Å². The van der Waals surface area contributed by atoms with E-state index < -0.39 is 0 Å². The molecule has 4 nitrogen and oxygen atoms in total. The Morgan fingerprint density at radius 3 is 2.48 bits per heavy atom. The normalized spacial score (nSPS) is 10.7. The number of benzene rings is 1. The van der Waals surface area contributed by atoms with Gasteiger partial charge in [0.2, 0.25) is 0 Å². The maximum absolute atomic E-state index is 6.11. The first-order chi connectivity index (χ1) is 11.2. The molecule has 0 bridgehead atoms. The summed E-state index contributed by atoms with van der Waals surface area (Å²) in [5.41, 5.74) is 1.99. The van der Waals surface area contributed by atoms with Crippen molar-refractivity contribution in [1.29, 1.82) is 0 Å². The number of nitrogens with zero attached hydrogens (tertiary/aromatic N) is 2. The SMILES string of the molecule is COc1ccc(CSc2nc(Cl)cc3ncc(OC)cc23)cc1. The van der Waals surface area contributed by atoms with Gasteiger partial charge in [-0.15, -0.1) is 11.8 Å². The van der Waals surface area contributed by atoms with Gasteiger partial charge >= 0.3 is 0 Å². The highest BCUT2D eigenvalue weighted by atomic mass is 35.5. The molecular weight excluding hydrogens is 332 g/mol. The molecule has 0 saturated heterocycles. The molecule has 3 rings (SSSR count). The smallest absolute Gasteiger partial charge is 0.137 e. The Morgan fingerprint density at radius 2 is 1.78 bits per heavy atom. The van der Waals surface area contributed by atoms with E-state index in [0.29, 0.717) is 10.9 Å². The predicted octanol–water partition coefficient (Wildman–Crippen LogP) is 4.59. The Bertz CT molecular complexity index is 825. The van der Waals surface area contributed by atoms with Crippen molar-refractivity contribution in [2.24, 2.45) is 0 Å². The fourth-order valence-electron chi connectivity index (χ4n) is 2.14. The van der Waals surface area contributed by atoms with Gasteiger partial charge in [0, 0.05) is 17.2 Å². The molecule has 0 saturated carbocycles. The van der Waals surface area contributed by atoms with Crippen LogP contribution in [0, 0.1) is 0 Å². The Labute approximate surface area is 143 Å². The van der Waals surface area contributed by atoms with Crippen molar-refractivity contribution in [3.8, 4) is 11.5 Å².